The molecule has 27 heavy (non-hydrogen) atoms. The summed E-state index contributed by atoms with van der Waals surface area (Å²) in [6.07, 6.45) is 0.0951. The van der Waals surface area contributed by atoms with E-state index in [4.69, 9.17) is 0 Å². The number of carbonyl (C=O) groups excluding carboxylic acids is 1. The molecule has 1 aromatic heterocycles. The van der Waals surface area contributed by atoms with Gasteiger partial charge in [-0.2, -0.15) is 0 Å². The fourth-order valence-electron chi connectivity index (χ4n) is 2.54. The van der Waals surface area contributed by atoms with Crippen LogP contribution in [-0.2, 0) is 9.59 Å². The van der Waals surface area contributed by atoms with Crippen LogP contribution in [0.25, 0.3) is 10.9 Å². The van der Waals surface area contributed by atoms with Crippen molar-refractivity contribution in [1.29, 1.82) is 0 Å². The van der Waals surface area contributed by atoms with Crippen LogP contribution in [-0.4, -0.2) is 32.7 Å². The lowest BCUT2D eigenvalue weighted by Crippen LogP contribution is -2.33. The summed E-state index contributed by atoms with van der Waals surface area (Å²) in [6.45, 7) is 0. The number of aromatic amines is 1. The predicted octanol–water partition coefficient (Wildman–Crippen LogP) is 2.35. The molecule has 1 unspecified atom stereocenters. The second-order valence-corrected chi connectivity index (χ2v) is 6.82. The van der Waals surface area contributed by atoms with E-state index in [0.717, 1.165) is 0 Å². The minimum Gasteiger partial charge on any atom is -0.479 e. The Labute approximate surface area is 158 Å². The Balaban J connectivity index is 1.59. The molecule has 3 aromatic rings. The number of amides is 1. The topological polar surface area (TPSA) is 112 Å². The predicted molar refractivity (Wildman–Crippen MR) is 103 cm³/mol. The van der Waals surface area contributed by atoms with Crippen LogP contribution in [0.2, 0.25) is 0 Å². The van der Waals surface area contributed by atoms with Crippen molar-refractivity contribution in [2.75, 3.05) is 5.75 Å². The standard InChI is InChI=1S/C19H17N3O4S/c23-15(21-16(18(25)26)12-6-2-1-3-7-12)10-11-27-19-20-14-9-5-4-8-13(14)17(24)22-19/h1-9,16H,10-11H2,(H,21,23)(H,25,26)(H,20,22,24). The van der Waals surface area contributed by atoms with E-state index in [1.165, 1.54) is 11.8 Å². The molecule has 138 valence electrons. The van der Waals surface area contributed by atoms with Crippen molar-refractivity contribution in [2.24, 2.45) is 0 Å². The molecule has 1 amide bonds. The van der Waals surface area contributed by atoms with Crippen LogP contribution in [0, 0.1) is 0 Å². The van der Waals surface area contributed by atoms with Crippen molar-refractivity contribution in [3.63, 3.8) is 0 Å². The molecular weight excluding hydrogens is 366 g/mol. The second kappa shape index (κ2) is 8.50. The first-order valence-corrected chi connectivity index (χ1v) is 9.22. The van der Waals surface area contributed by atoms with Crippen LogP contribution in [0.1, 0.15) is 18.0 Å². The number of para-hydroxylation sites is 1. The number of hydrogen-bond acceptors (Lipinski definition) is 5. The van der Waals surface area contributed by atoms with Crippen molar-refractivity contribution < 1.29 is 14.7 Å². The summed E-state index contributed by atoms with van der Waals surface area (Å²) in [7, 11) is 0. The maximum Gasteiger partial charge on any atom is 0.330 e. The smallest absolute Gasteiger partial charge is 0.330 e. The number of H-pyrrole nitrogens is 1. The number of aromatic nitrogens is 2. The van der Waals surface area contributed by atoms with E-state index >= 15 is 0 Å². The first-order chi connectivity index (χ1) is 13.0. The fourth-order valence-corrected chi connectivity index (χ4v) is 3.35. The lowest BCUT2D eigenvalue weighted by Gasteiger charge is -2.14. The minimum atomic E-state index is -1.12. The zero-order valence-electron chi connectivity index (χ0n) is 14.2. The largest absolute Gasteiger partial charge is 0.479 e. The summed E-state index contributed by atoms with van der Waals surface area (Å²) >= 11 is 1.23. The van der Waals surface area contributed by atoms with Crippen LogP contribution in [0.3, 0.4) is 0 Å². The normalized spacial score (nSPS) is 11.9. The number of benzene rings is 2. The lowest BCUT2D eigenvalue weighted by molar-refractivity contribution is -0.142. The van der Waals surface area contributed by atoms with Crippen molar-refractivity contribution in [2.45, 2.75) is 17.6 Å². The first-order valence-electron chi connectivity index (χ1n) is 8.23. The highest BCUT2D eigenvalue weighted by Crippen LogP contribution is 2.17. The van der Waals surface area contributed by atoms with Gasteiger partial charge in [-0.15, -0.1) is 0 Å². The number of rotatable bonds is 7. The van der Waals surface area contributed by atoms with E-state index in [1.807, 2.05) is 0 Å². The number of thioether (sulfide) groups is 1. The van der Waals surface area contributed by atoms with E-state index in [2.05, 4.69) is 15.3 Å². The van der Waals surface area contributed by atoms with Crippen molar-refractivity contribution in [3.8, 4) is 0 Å². The maximum atomic E-state index is 12.1. The molecule has 0 fully saturated rings. The van der Waals surface area contributed by atoms with Crippen molar-refractivity contribution in [1.82, 2.24) is 15.3 Å². The van der Waals surface area contributed by atoms with Gasteiger partial charge in [0.2, 0.25) is 5.91 Å². The minimum absolute atomic E-state index is 0.0951. The molecule has 3 rings (SSSR count). The molecule has 0 spiro atoms. The molecule has 8 heteroatoms. The zero-order valence-corrected chi connectivity index (χ0v) is 15.0. The molecule has 0 aliphatic heterocycles. The Morgan fingerprint density at radius 1 is 1.11 bits per heavy atom. The maximum absolute atomic E-state index is 12.1. The van der Waals surface area contributed by atoms with Crippen LogP contribution in [0.5, 0.6) is 0 Å². The molecule has 0 aliphatic carbocycles. The highest BCUT2D eigenvalue weighted by molar-refractivity contribution is 7.99. The Bertz CT molecular complexity index is 1020. The molecule has 0 radical (unpaired) electrons. The van der Waals surface area contributed by atoms with Gasteiger partial charge in [0.1, 0.15) is 0 Å². The van der Waals surface area contributed by atoms with E-state index < -0.39 is 12.0 Å². The van der Waals surface area contributed by atoms with Crippen molar-refractivity contribution >= 4 is 34.5 Å². The van der Waals surface area contributed by atoms with Gasteiger partial charge in [-0.3, -0.25) is 9.59 Å². The summed E-state index contributed by atoms with van der Waals surface area (Å²) < 4.78 is 0. The van der Waals surface area contributed by atoms with Gasteiger partial charge in [0.15, 0.2) is 11.2 Å². The summed E-state index contributed by atoms with van der Waals surface area (Å²) in [5.74, 6) is -1.15. The SMILES string of the molecule is O=C(CCSc1nc2ccccc2c(=O)[nH]1)NC(C(=O)O)c1ccccc1. The van der Waals surface area contributed by atoms with Crippen LogP contribution >= 0.6 is 11.8 Å². The van der Waals surface area contributed by atoms with Gasteiger partial charge in [-0.1, -0.05) is 54.2 Å². The number of carbonyl (C=O) groups is 2. The number of nitrogens with zero attached hydrogens (tertiary/aromatic N) is 1. The average Bonchev–Trinajstić information content (AvgIpc) is 2.66. The van der Waals surface area contributed by atoms with Gasteiger partial charge >= 0.3 is 5.97 Å². The Morgan fingerprint density at radius 3 is 2.56 bits per heavy atom. The molecule has 2 aromatic carbocycles. The van der Waals surface area contributed by atoms with Gasteiger partial charge in [0.05, 0.1) is 10.9 Å². The van der Waals surface area contributed by atoms with Crippen LogP contribution in [0.15, 0.2) is 64.5 Å². The zero-order chi connectivity index (χ0) is 19.2. The molecular formula is C19H17N3O4S. The molecule has 3 N–H and O–H groups in total. The summed E-state index contributed by atoms with van der Waals surface area (Å²) in [6, 6.07) is 14.4. The Kier molecular flexibility index (Phi) is 5.87. The average molecular weight is 383 g/mol. The molecule has 0 bridgehead atoms. The monoisotopic (exact) mass is 383 g/mol. The van der Waals surface area contributed by atoms with E-state index in [0.29, 0.717) is 27.4 Å². The number of carboxylic acid groups (broad SMARTS) is 1. The molecule has 0 saturated carbocycles. The third-order valence-electron chi connectivity index (χ3n) is 3.84. The summed E-state index contributed by atoms with van der Waals surface area (Å²) in [5.41, 5.74) is 0.859. The summed E-state index contributed by atoms with van der Waals surface area (Å²) in [4.78, 5) is 42.6. The van der Waals surface area contributed by atoms with Gasteiger partial charge in [0, 0.05) is 12.2 Å². The molecule has 1 atom stereocenters. The lowest BCUT2D eigenvalue weighted by atomic mass is 10.1. The van der Waals surface area contributed by atoms with Gasteiger partial charge in [-0.25, -0.2) is 9.78 Å². The third-order valence-corrected chi connectivity index (χ3v) is 4.72. The molecule has 7 nitrogen and oxygen atoms in total. The van der Waals surface area contributed by atoms with Crippen LogP contribution < -0.4 is 10.9 Å². The Morgan fingerprint density at radius 2 is 1.81 bits per heavy atom. The Hall–Kier alpha value is -3.13. The van der Waals surface area contributed by atoms with E-state index in [-0.39, 0.29) is 17.9 Å². The highest BCUT2D eigenvalue weighted by Gasteiger charge is 2.21. The van der Waals surface area contributed by atoms with Gasteiger partial charge in [0.25, 0.3) is 5.56 Å². The number of nitrogens with one attached hydrogen (secondary N) is 2. The third kappa shape index (κ3) is 4.73. The van der Waals surface area contributed by atoms with E-state index in [9.17, 15) is 19.5 Å². The number of hydrogen-bond donors (Lipinski definition) is 3. The number of aliphatic carboxylic acids is 1. The van der Waals surface area contributed by atoms with Gasteiger partial charge < -0.3 is 15.4 Å². The van der Waals surface area contributed by atoms with Gasteiger partial charge in [-0.05, 0) is 17.7 Å². The molecule has 0 saturated heterocycles. The summed E-state index contributed by atoms with van der Waals surface area (Å²) in [5, 5.41) is 12.8. The quantitative estimate of drug-likeness (QED) is 0.426. The first kappa shape index (κ1) is 18.7. The number of carboxylic acids is 1. The number of fused-ring (bicyclic) bond motifs is 1. The second-order valence-electron chi connectivity index (χ2n) is 5.74. The fraction of sp³-hybridized carbons (Fsp3) is 0.158. The van der Waals surface area contributed by atoms with E-state index in [1.54, 1.807) is 54.6 Å². The van der Waals surface area contributed by atoms with Crippen LogP contribution in [0.4, 0.5) is 0 Å². The highest BCUT2D eigenvalue weighted by atomic mass is 32.2. The molecule has 0 aliphatic rings. The van der Waals surface area contributed by atoms with Crippen molar-refractivity contribution in [3.05, 3.63) is 70.5 Å². The molecule has 1 heterocycles.